The summed E-state index contributed by atoms with van der Waals surface area (Å²) in [5, 5.41) is 0. The van der Waals surface area contributed by atoms with Crippen LogP contribution in [0.2, 0.25) is 0 Å². The van der Waals surface area contributed by atoms with Crippen LogP contribution in [0, 0.1) is 11.3 Å². The van der Waals surface area contributed by atoms with Gasteiger partial charge in [-0.2, -0.15) is 0 Å². The van der Waals surface area contributed by atoms with Crippen LogP contribution in [0.15, 0.2) is 12.3 Å². The Hall–Kier alpha value is -0.460. The van der Waals surface area contributed by atoms with Crippen LogP contribution in [0.3, 0.4) is 0 Å². The van der Waals surface area contributed by atoms with Crippen molar-refractivity contribution in [3.63, 3.8) is 0 Å². The monoisotopic (exact) mass is 140 g/mol. The van der Waals surface area contributed by atoms with Crippen molar-refractivity contribution in [2.45, 2.75) is 27.2 Å². The second-order valence-electron chi connectivity index (χ2n) is 4.00. The summed E-state index contributed by atoms with van der Waals surface area (Å²) < 4.78 is 5.23. The van der Waals surface area contributed by atoms with Crippen molar-refractivity contribution >= 4 is 0 Å². The lowest BCUT2D eigenvalue weighted by molar-refractivity contribution is 0.102. The molecule has 1 nitrogen and oxygen atoms in total. The van der Waals surface area contributed by atoms with Gasteiger partial charge in [-0.15, -0.1) is 0 Å². The molecule has 0 aromatic heterocycles. The number of hydrogen-bond acceptors (Lipinski definition) is 1. The highest BCUT2D eigenvalue weighted by Crippen LogP contribution is 2.30. The average Bonchev–Trinajstić information content (AvgIpc) is 1.88. The molecule has 0 bridgehead atoms. The molecule has 0 radical (unpaired) electrons. The van der Waals surface area contributed by atoms with E-state index in [4.69, 9.17) is 4.74 Å². The summed E-state index contributed by atoms with van der Waals surface area (Å²) in [6.07, 6.45) is 5.09. The van der Waals surface area contributed by atoms with E-state index in [0.29, 0.717) is 11.3 Å². The van der Waals surface area contributed by atoms with Crippen molar-refractivity contribution in [3.05, 3.63) is 12.3 Å². The quantitative estimate of drug-likeness (QED) is 0.502. The maximum Gasteiger partial charge on any atom is 0.0909 e. The minimum absolute atomic E-state index is 0.394. The predicted molar refractivity (Wildman–Crippen MR) is 42.7 cm³/mol. The smallest absolute Gasteiger partial charge is 0.0909 e. The third-order valence-electron chi connectivity index (χ3n) is 2.14. The maximum absolute atomic E-state index is 5.23. The molecule has 0 aromatic carbocycles. The molecule has 1 aliphatic heterocycles. The Bertz CT molecular complexity index is 130. The molecule has 0 aromatic rings. The van der Waals surface area contributed by atoms with E-state index in [1.807, 2.05) is 6.26 Å². The second-order valence-corrected chi connectivity index (χ2v) is 4.00. The SMILES string of the molecule is CC(C)(C)C1CC=COC1. The second kappa shape index (κ2) is 2.65. The lowest BCUT2D eigenvalue weighted by Gasteiger charge is -2.31. The molecule has 0 spiro atoms. The molecule has 1 heterocycles. The fourth-order valence-corrected chi connectivity index (χ4v) is 1.13. The summed E-state index contributed by atoms with van der Waals surface area (Å²) in [7, 11) is 0. The van der Waals surface area contributed by atoms with Crippen LogP contribution in [0.1, 0.15) is 27.2 Å². The fraction of sp³-hybridized carbons (Fsp3) is 0.778. The van der Waals surface area contributed by atoms with Crippen LogP contribution in [0.4, 0.5) is 0 Å². The number of hydrogen-bond donors (Lipinski definition) is 0. The molecular weight excluding hydrogens is 124 g/mol. The Kier molecular flexibility index (Phi) is 2.02. The van der Waals surface area contributed by atoms with Crippen molar-refractivity contribution < 1.29 is 4.74 Å². The Labute approximate surface area is 63.1 Å². The van der Waals surface area contributed by atoms with Gasteiger partial charge < -0.3 is 4.74 Å². The van der Waals surface area contributed by atoms with Crippen LogP contribution < -0.4 is 0 Å². The van der Waals surface area contributed by atoms with E-state index >= 15 is 0 Å². The molecule has 0 saturated heterocycles. The Morgan fingerprint density at radius 3 is 2.40 bits per heavy atom. The van der Waals surface area contributed by atoms with E-state index in [-0.39, 0.29) is 0 Å². The maximum atomic E-state index is 5.23. The van der Waals surface area contributed by atoms with Crippen molar-refractivity contribution in [2.24, 2.45) is 11.3 Å². The number of ether oxygens (including phenoxy) is 1. The van der Waals surface area contributed by atoms with Gasteiger partial charge in [-0.3, -0.25) is 0 Å². The third-order valence-corrected chi connectivity index (χ3v) is 2.14. The number of rotatable bonds is 0. The Morgan fingerprint density at radius 2 is 2.10 bits per heavy atom. The predicted octanol–water partition coefficient (Wildman–Crippen LogP) is 2.58. The molecule has 1 atom stereocenters. The molecule has 0 aliphatic carbocycles. The van der Waals surface area contributed by atoms with E-state index in [1.165, 1.54) is 6.42 Å². The first kappa shape index (κ1) is 7.64. The highest BCUT2D eigenvalue weighted by molar-refractivity contribution is 4.87. The molecule has 0 N–H and O–H groups in total. The largest absolute Gasteiger partial charge is 0.501 e. The summed E-state index contributed by atoms with van der Waals surface area (Å²) in [4.78, 5) is 0. The molecule has 10 heavy (non-hydrogen) atoms. The van der Waals surface area contributed by atoms with Crippen LogP contribution in [0.5, 0.6) is 0 Å². The standard InChI is InChI=1S/C9H16O/c1-9(2,3)8-5-4-6-10-7-8/h4,6,8H,5,7H2,1-3H3. The average molecular weight is 140 g/mol. The van der Waals surface area contributed by atoms with Gasteiger partial charge in [0.2, 0.25) is 0 Å². The Morgan fingerprint density at radius 1 is 1.40 bits per heavy atom. The number of allylic oxidation sites excluding steroid dienone is 1. The lowest BCUT2D eigenvalue weighted by Crippen LogP contribution is -2.25. The Balaban J connectivity index is 2.49. The van der Waals surface area contributed by atoms with Crippen LogP contribution >= 0.6 is 0 Å². The lowest BCUT2D eigenvalue weighted by atomic mass is 9.79. The van der Waals surface area contributed by atoms with Crippen LogP contribution in [-0.2, 0) is 4.74 Å². The first-order valence-corrected chi connectivity index (χ1v) is 3.87. The van der Waals surface area contributed by atoms with E-state index in [1.54, 1.807) is 0 Å². The van der Waals surface area contributed by atoms with E-state index in [2.05, 4.69) is 26.8 Å². The molecule has 1 rings (SSSR count). The van der Waals surface area contributed by atoms with Crippen LogP contribution in [0.25, 0.3) is 0 Å². The summed E-state index contributed by atoms with van der Waals surface area (Å²) in [5.74, 6) is 0.692. The van der Waals surface area contributed by atoms with Gasteiger partial charge in [-0.25, -0.2) is 0 Å². The highest BCUT2D eigenvalue weighted by atomic mass is 16.5. The van der Waals surface area contributed by atoms with Gasteiger partial charge in [0.15, 0.2) is 0 Å². The topological polar surface area (TPSA) is 9.23 Å². The minimum atomic E-state index is 0.394. The summed E-state index contributed by atoms with van der Waals surface area (Å²) in [5.41, 5.74) is 0.394. The third kappa shape index (κ3) is 1.76. The van der Waals surface area contributed by atoms with Gasteiger partial charge in [-0.05, 0) is 17.9 Å². The summed E-state index contributed by atoms with van der Waals surface area (Å²) in [6.45, 7) is 7.68. The van der Waals surface area contributed by atoms with Gasteiger partial charge in [0, 0.05) is 5.92 Å². The van der Waals surface area contributed by atoms with Gasteiger partial charge in [-0.1, -0.05) is 20.8 Å². The van der Waals surface area contributed by atoms with Crippen molar-refractivity contribution in [1.29, 1.82) is 0 Å². The van der Waals surface area contributed by atoms with Crippen molar-refractivity contribution in [3.8, 4) is 0 Å². The zero-order valence-corrected chi connectivity index (χ0v) is 7.05. The molecule has 1 heteroatoms. The molecule has 1 aliphatic rings. The summed E-state index contributed by atoms with van der Waals surface area (Å²) in [6, 6.07) is 0. The van der Waals surface area contributed by atoms with Gasteiger partial charge in [0.1, 0.15) is 0 Å². The van der Waals surface area contributed by atoms with E-state index in [9.17, 15) is 0 Å². The zero-order chi connectivity index (χ0) is 7.61. The molecule has 0 saturated carbocycles. The molecule has 0 fully saturated rings. The van der Waals surface area contributed by atoms with Crippen molar-refractivity contribution in [1.82, 2.24) is 0 Å². The van der Waals surface area contributed by atoms with E-state index in [0.717, 1.165) is 6.61 Å². The fourth-order valence-electron chi connectivity index (χ4n) is 1.13. The van der Waals surface area contributed by atoms with Crippen molar-refractivity contribution in [2.75, 3.05) is 6.61 Å². The highest BCUT2D eigenvalue weighted by Gasteiger charge is 2.24. The van der Waals surface area contributed by atoms with Gasteiger partial charge in [0.25, 0.3) is 0 Å². The molecular formula is C9H16O. The molecule has 1 unspecified atom stereocenters. The normalized spacial score (nSPS) is 26.1. The van der Waals surface area contributed by atoms with Crippen LogP contribution in [-0.4, -0.2) is 6.61 Å². The zero-order valence-electron chi connectivity index (χ0n) is 7.05. The minimum Gasteiger partial charge on any atom is -0.501 e. The molecule has 0 amide bonds. The van der Waals surface area contributed by atoms with E-state index < -0.39 is 0 Å². The van der Waals surface area contributed by atoms with Gasteiger partial charge >= 0.3 is 0 Å². The summed E-state index contributed by atoms with van der Waals surface area (Å²) >= 11 is 0. The molecule has 58 valence electrons. The first-order chi connectivity index (χ1) is 4.61. The van der Waals surface area contributed by atoms with Gasteiger partial charge in [0.05, 0.1) is 12.9 Å². The first-order valence-electron chi connectivity index (χ1n) is 3.87.